The van der Waals surface area contributed by atoms with E-state index >= 15 is 0 Å². The summed E-state index contributed by atoms with van der Waals surface area (Å²) >= 11 is 3.13. The van der Waals surface area contributed by atoms with Gasteiger partial charge in [-0.05, 0) is 64.2 Å². The molecule has 1 heterocycles. The maximum absolute atomic E-state index is 4.64. The van der Waals surface area contributed by atoms with E-state index in [9.17, 15) is 0 Å². The third-order valence-corrected chi connectivity index (χ3v) is 3.24. The first-order chi connectivity index (χ1) is 10.5. The average molecular weight is 347 g/mol. The third kappa shape index (κ3) is 9.03. The van der Waals surface area contributed by atoms with Crippen molar-refractivity contribution in [3.05, 3.63) is 99.9 Å². The van der Waals surface area contributed by atoms with Gasteiger partial charge in [-0.3, -0.25) is 11.3 Å². The van der Waals surface area contributed by atoms with Crippen molar-refractivity contribution in [2.24, 2.45) is 0 Å². The largest absolute Gasteiger partial charge is 0.296 e. The molecule has 21 heavy (non-hydrogen) atoms. The minimum Gasteiger partial charge on any atom is -0.296 e. The van der Waals surface area contributed by atoms with Crippen LogP contribution in [0.2, 0.25) is 0 Å². The van der Waals surface area contributed by atoms with Crippen molar-refractivity contribution < 1.29 is 19.4 Å². The van der Waals surface area contributed by atoms with Crippen molar-refractivity contribution in [1.29, 1.82) is 0 Å². The van der Waals surface area contributed by atoms with Gasteiger partial charge >= 0.3 is 28.7 Å². The maximum Gasteiger partial charge on any atom is -0.0751 e. The summed E-state index contributed by atoms with van der Waals surface area (Å²) in [6.07, 6.45) is 20.0. The normalized spacial score (nSPS) is 16.1. The van der Waals surface area contributed by atoms with Crippen molar-refractivity contribution >= 4 is 30.7 Å². The smallest absolute Gasteiger partial charge is 0.0751 e. The van der Waals surface area contributed by atoms with Crippen molar-refractivity contribution in [2.45, 2.75) is 0 Å². The van der Waals surface area contributed by atoms with Crippen LogP contribution in [0.3, 0.4) is 0 Å². The Morgan fingerprint density at radius 3 is 1.57 bits per heavy atom. The van der Waals surface area contributed by atoms with E-state index in [-0.39, 0.29) is 0 Å². The molecule has 3 heteroatoms. The predicted octanol–water partition coefficient (Wildman–Crippen LogP) is 5.43. The Labute approximate surface area is 149 Å². The molecular weight excluding hydrogens is 332 g/mol. The van der Waals surface area contributed by atoms with Gasteiger partial charge in [0.1, 0.15) is 0 Å². The first-order valence-corrected chi connectivity index (χ1v) is 9.30. The van der Waals surface area contributed by atoms with Crippen LogP contribution in [-0.4, -0.2) is 0 Å². The second-order valence-corrected chi connectivity index (χ2v) is 4.71. The molecule has 2 aliphatic rings. The van der Waals surface area contributed by atoms with Crippen LogP contribution in [0.15, 0.2) is 30.3 Å². The summed E-state index contributed by atoms with van der Waals surface area (Å²) in [6.45, 7) is 0. The molecule has 2 saturated carbocycles. The van der Waals surface area contributed by atoms with Gasteiger partial charge in [0.2, 0.25) is 0 Å². The Bertz CT molecular complexity index is 392. The van der Waals surface area contributed by atoms with Gasteiger partial charge in [-0.2, -0.15) is 11.5 Å². The van der Waals surface area contributed by atoms with E-state index < -0.39 is 0 Å². The van der Waals surface area contributed by atoms with Crippen molar-refractivity contribution in [3.8, 4) is 0 Å². The molecule has 0 nitrogen and oxygen atoms in total. The number of hydrogen-bond acceptors (Lipinski definition) is 1. The molecular formula is C18H15ClSTi+2. The van der Waals surface area contributed by atoms with Crippen molar-refractivity contribution in [1.82, 2.24) is 0 Å². The molecule has 0 bridgehead atoms. The average Bonchev–Trinajstić information content (AvgIpc) is 3.35. The van der Waals surface area contributed by atoms with Gasteiger partial charge in [0.15, 0.2) is 0 Å². The third-order valence-electron chi connectivity index (χ3n) is 2.41. The number of benzene rings is 1. The second kappa shape index (κ2) is 13.8. The molecule has 1 aromatic carbocycles. The number of halogens is 1. The van der Waals surface area contributed by atoms with Gasteiger partial charge in [-0.15, -0.1) is 22.2 Å². The van der Waals surface area contributed by atoms with E-state index in [0.29, 0.717) is 0 Å². The molecule has 0 N–H and O–H groups in total. The Kier molecular flexibility index (Phi) is 12.7. The van der Waals surface area contributed by atoms with Gasteiger partial charge in [0, 0.05) is 0 Å². The molecule has 2 fully saturated rings. The fourth-order valence-electron chi connectivity index (χ4n) is 1.49. The van der Waals surface area contributed by atoms with Gasteiger partial charge < -0.3 is 0 Å². The fourth-order valence-corrected chi connectivity index (χ4v) is 2.19. The Morgan fingerprint density at radius 1 is 0.714 bits per heavy atom. The molecule has 1 aromatic heterocycles. The topological polar surface area (TPSA) is 0 Å². The number of thiophene rings is 1. The number of hydrogen-bond donors (Lipinski definition) is 0. The first kappa shape index (κ1) is 19.2. The molecule has 0 atom stereocenters. The minimum atomic E-state index is 1.29. The van der Waals surface area contributed by atoms with Gasteiger partial charge in [0.25, 0.3) is 0 Å². The minimum absolute atomic E-state index is 1.29. The van der Waals surface area contributed by atoms with Crippen LogP contribution < -0.4 is 0 Å². The summed E-state index contributed by atoms with van der Waals surface area (Å²) in [7, 11) is 4.64. The van der Waals surface area contributed by atoms with Gasteiger partial charge in [0.05, 0.1) is 0 Å². The zero-order valence-electron chi connectivity index (χ0n) is 11.4. The summed E-state index contributed by atoms with van der Waals surface area (Å²) < 4.78 is 1.32. The molecule has 102 valence electrons. The van der Waals surface area contributed by atoms with E-state index in [1.54, 1.807) is 11.3 Å². The summed E-state index contributed by atoms with van der Waals surface area (Å²) in [4.78, 5) is 0. The molecule has 0 amide bonds. The van der Waals surface area contributed by atoms with E-state index in [0.717, 1.165) is 0 Å². The van der Waals surface area contributed by atoms with Crippen LogP contribution in [0.5, 0.6) is 0 Å². The van der Waals surface area contributed by atoms with Crippen molar-refractivity contribution in [3.63, 3.8) is 0 Å². The van der Waals surface area contributed by atoms with E-state index in [4.69, 9.17) is 0 Å². The van der Waals surface area contributed by atoms with E-state index in [1.165, 1.54) is 29.5 Å². The van der Waals surface area contributed by atoms with E-state index in [2.05, 4.69) is 26.8 Å². The monoisotopic (exact) mass is 346 g/mol. The molecule has 4 rings (SSSR count). The van der Waals surface area contributed by atoms with Crippen LogP contribution in [0.25, 0.3) is 10.1 Å². The summed E-state index contributed by atoms with van der Waals surface area (Å²) in [5, 5.41) is 4.37. The fraction of sp³-hybridized carbons (Fsp3) is 0. The van der Waals surface area contributed by atoms with Crippen LogP contribution in [0, 0.1) is 69.6 Å². The first-order valence-electron chi connectivity index (χ1n) is 6.34. The summed E-state index contributed by atoms with van der Waals surface area (Å²) in [5.74, 6) is 0. The molecule has 0 saturated heterocycles. The summed E-state index contributed by atoms with van der Waals surface area (Å²) in [6, 6.07) is 10.3. The van der Waals surface area contributed by atoms with Crippen LogP contribution in [0.4, 0.5) is 0 Å². The standard InChI is InChI=1S/C8H5S.2C5H5.ClH.Ti/c1-2-4-8-7(3-1)5-6-9-8;2*1-2-4-5-3-1;;/h1-5H;2*1-5H;1H;/q-1;;;;+4/p-1. The zero-order chi connectivity index (χ0) is 15.2. The molecule has 10 radical (unpaired) electrons. The van der Waals surface area contributed by atoms with Crippen molar-refractivity contribution in [2.75, 3.05) is 0 Å². The molecule has 2 aromatic rings. The zero-order valence-corrected chi connectivity index (χ0v) is 14.6. The quantitative estimate of drug-likeness (QED) is 0.440. The van der Waals surface area contributed by atoms with Gasteiger partial charge in [-0.1, -0.05) is 12.1 Å². The number of rotatable bonds is 0. The Morgan fingerprint density at radius 2 is 1.14 bits per heavy atom. The predicted molar refractivity (Wildman–Crippen MR) is 89.5 cm³/mol. The van der Waals surface area contributed by atoms with Crippen LogP contribution >= 0.6 is 20.6 Å². The van der Waals surface area contributed by atoms with Crippen LogP contribution in [0.1, 0.15) is 0 Å². The van der Waals surface area contributed by atoms with Gasteiger partial charge in [-0.25, -0.2) is 0 Å². The molecule has 0 spiro atoms. The Hall–Kier alpha value is 0.184. The Balaban J connectivity index is 0.000000159. The number of fused-ring (bicyclic) bond motifs is 1. The molecule has 0 unspecified atom stereocenters. The van der Waals surface area contributed by atoms with E-state index in [1.807, 2.05) is 82.4 Å². The summed E-state index contributed by atoms with van der Waals surface area (Å²) in [5.41, 5.74) is 0. The molecule has 2 aliphatic carbocycles. The maximum atomic E-state index is 4.64. The second-order valence-electron chi connectivity index (χ2n) is 3.83. The van der Waals surface area contributed by atoms with Crippen LogP contribution in [-0.2, 0) is 19.4 Å². The SMILES string of the molecule is [CH]1[CH][CH][CH][CH]1.[CH]1[CH][CH][CH][CH]1.[Cl][Ti+3].[c-]1cc2ccccc2s1. The molecule has 0 aliphatic heterocycles.